The molecule has 1 aliphatic rings. The van der Waals surface area contributed by atoms with Gasteiger partial charge in [0.05, 0.1) is 23.6 Å². The second-order valence-electron chi connectivity index (χ2n) is 5.88. The van der Waals surface area contributed by atoms with Crippen molar-refractivity contribution in [2.45, 2.75) is 25.8 Å². The highest BCUT2D eigenvalue weighted by Crippen LogP contribution is 2.22. The summed E-state index contributed by atoms with van der Waals surface area (Å²) in [7, 11) is -3.04. The van der Waals surface area contributed by atoms with Gasteiger partial charge >= 0.3 is 0 Å². The Labute approximate surface area is 139 Å². The molecule has 2 aromatic rings. The van der Waals surface area contributed by atoms with Gasteiger partial charge < -0.3 is 9.73 Å². The maximum Gasteiger partial charge on any atom is 0.226 e. The zero-order valence-electron chi connectivity index (χ0n) is 13.1. The lowest BCUT2D eigenvalue weighted by Crippen LogP contribution is -2.36. The molecule has 1 amide bonds. The molecule has 1 fully saturated rings. The third kappa shape index (κ3) is 3.81. The summed E-state index contributed by atoms with van der Waals surface area (Å²) in [5.41, 5.74) is 0.944. The van der Waals surface area contributed by atoms with Gasteiger partial charge in [-0.05, 0) is 31.5 Å². The van der Waals surface area contributed by atoms with Gasteiger partial charge in [-0.1, -0.05) is 6.07 Å². The van der Waals surface area contributed by atoms with Gasteiger partial charge in [-0.25, -0.2) is 17.8 Å². The average molecular weight is 352 g/mol. The zero-order valence-corrected chi connectivity index (χ0v) is 13.9. The van der Waals surface area contributed by atoms with Crippen molar-refractivity contribution in [1.82, 2.24) is 10.3 Å². The number of nitrogens with one attached hydrogen (secondary N) is 1. The monoisotopic (exact) mass is 352 g/mol. The number of amides is 1. The van der Waals surface area contributed by atoms with Crippen molar-refractivity contribution in [3.8, 4) is 11.5 Å². The minimum absolute atomic E-state index is 0.0127. The number of rotatable bonds is 4. The third-order valence-electron chi connectivity index (χ3n) is 3.89. The summed E-state index contributed by atoms with van der Waals surface area (Å²) >= 11 is 0. The van der Waals surface area contributed by atoms with Gasteiger partial charge in [-0.2, -0.15) is 0 Å². The van der Waals surface area contributed by atoms with Crippen molar-refractivity contribution in [3.05, 3.63) is 41.5 Å². The molecular weight excluding hydrogens is 335 g/mol. The molecule has 1 saturated heterocycles. The van der Waals surface area contributed by atoms with Crippen LogP contribution in [-0.4, -0.2) is 36.9 Å². The first-order valence-corrected chi connectivity index (χ1v) is 9.36. The molecule has 0 aliphatic carbocycles. The van der Waals surface area contributed by atoms with E-state index in [1.165, 1.54) is 12.1 Å². The predicted octanol–water partition coefficient (Wildman–Crippen LogP) is 1.63. The fraction of sp³-hybridized carbons (Fsp3) is 0.375. The number of carbonyl (C=O) groups excluding carboxylic acids is 1. The molecule has 2 heterocycles. The summed E-state index contributed by atoms with van der Waals surface area (Å²) in [4.78, 5) is 16.3. The number of oxazole rings is 1. The number of benzene rings is 1. The first kappa shape index (κ1) is 16.6. The first-order valence-electron chi connectivity index (χ1n) is 7.54. The fourth-order valence-corrected chi connectivity index (χ4v) is 4.35. The van der Waals surface area contributed by atoms with Crippen LogP contribution in [0.25, 0.3) is 11.5 Å². The Kier molecular flexibility index (Phi) is 4.40. The quantitative estimate of drug-likeness (QED) is 0.903. The average Bonchev–Trinajstić information content (AvgIpc) is 3.02. The molecule has 1 aliphatic heterocycles. The van der Waals surface area contributed by atoms with Crippen LogP contribution in [0.2, 0.25) is 0 Å². The SMILES string of the molecule is Cc1oc(-c2cccc(F)c2)nc1CC(=O)NC1CCS(=O)(=O)C1. The summed E-state index contributed by atoms with van der Waals surface area (Å²) in [5, 5.41) is 2.71. The van der Waals surface area contributed by atoms with Gasteiger partial charge in [0.1, 0.15) is 11.6 Å². The highest BCUT2D eigenvalue weighted by atomic mass is 32.2. The molecule has 0 bridgehead atoms. The van der Waals surface area contributed by atoms with E-state index < -0.39 is 15.7 Å². The first-order chi connectivity index (χ1) is 11.3. The van der Waals surface area contributed by atoms with Crippen molar-refractivity contribution < 1.29 is 22.0 Å². The van der Waals surface area contributed by atoms with E-state index >= 15 is 0 Å². The summed E-state index contributed by atoms with van der Waals surface area (Å²) < 4.78 is 41.6. The molecule has 24 heavy (non-hydrogen) atoms. The molecule has 6 nitrogen and oxygen atoms in total. The Balaban J connectivity index is 1.68. The van der Waals surface area contributed by atoms with Crippen LogP contribution in [0.3, 0.4) is 0 Å². The molecule has 0 spiro atoms. The largest absolute Gasteiger partial charge is 0.441 e. The molecule has 1 atom stereocenters. The van der Waals surface area contributed by atoms with E-state index in [1.54, 1.807) is 19.1 Å². The van der Waals surface area contributed by atoms with Crippen LogP contribution in [-0.2, 0) is 21.1 Å². The number of aryl methyl sites for hydroxylation is 1. The van der Waals surface area contributed by atoms with Crippen molar-refractivity contribution in [2.24, 2.45) is 0 Å². The van der Waals surface area contributed by atoms with E-state index in [0.717, 1.165) is 0 Å². The Hall–Kier alpha value is -2.22. The maximum atomic E-state index is 13.3. The van der Waals surface area contributed by atoms with Crippen LogP contribution in [0.4, 0.5) is 4.39 Å². The summed E-state index contributed by atoms with van der Waals surface area (Å²) in [6.07, 6.45) is 0.418. The van der Waals surface area contributed by atoms with E-state index in [-0.39, 0.29) is 35.8 Å². The fourth-order valence-electron chi connectivity index (χ4n) is 2.68. The van der Waals surface area contributed by atoms with Gasteiger partial charge in [-0.15, -0.1) is 0 Å². The van der Waals surface area contributed by atoms with E-state index in [2.05, 4.69) is 10.3 Å². The number of halogens is 1. The van der Waals surface area contributed by atoms with Crippen LogP contribution in [0, 0.1) is 12.7 Å². The number of carbonyl (C=O) groups is 1. The molecule has 1 unspecified atom stereocenters. The van der Waals surface area contributed by atoms with Gasteiger partial charge in [0.15, 0.2) is 9.84 Å². The van der Waals surface area contributed by atoms with Crippen LogP contribution >= 0.6 is 0 Å². The third-order valence-corrected chi connectivity index (χ3v) is 5.66. The molecule has 0 saturated carbocycles. The van der Waals surface area contributed by atoms with Crippen molar-refractivity contribution in [1.29, 1.82) is 0 Å². The molecule has 3 rings (SSSR count). The van der Waals surface area contributed by atoms with Gasteiger partial charge in [0.2, 0.25) is 11.8 Å². The smallest absolute Gasteiger partial charge is 0.226 e. The standard InChI is InChI=1S/C16H17FN2O4S/c1-10-14(8-15(20)18-13-5-6-24(21,22)9-13)19-16(23-10)11-3-2-4-12(17)7-11/h2-4,7,13H,5-6,8-9H2,1H3,(H,18,20). The van der Waals surface area contributed by atoms with Crippen molar-refractivity contribution in [3.63, 3.8) is 0 Å². The summed E-state index contributed by atoms with van der Waals surface area (Å²) in [6, 6.07) is 5.50. The Bertz CT molecular complexity index is 876. The Morgan fingerprint density at radius 3 is 2.92 bits per heavy atom. The van der Waals surface area contributed by atoms with E-state index in [1.807, 2.05) is 0 Å². The second kappa shape index (κ2) is 6.35. The van der Waals surface area contributed by atoms with Crippen molar-refractivity contribution in [2.75, 3.05) is 11.5 Å². The van der Waals surface area contributed by atoms with Crippen LogP contribution in [0.15, 0.2) is 28.7 Å². The summed E-state index contributed by atoms with van der Waals surface area (Å²) in [6.45, 7) is 1.68. The maximum absolute atomic E-state index is 13.3. The predicted molar refractivity (Wildman–Crippen MR) is 85.5 cm³/mol. The number of sulfone groups is 1. The van der Waals surface area contributed by atoms with Crippen LogP contribution < -0.4 is 5.32 Å². The second-order valence-corrected chi connectivity index (χ2v) is 8.11. The van der Waals surface area contributed by atoms with Gasteiger partial charge in [-0.3, -0.25) is 4.79 Å². The van der Waals surface area contributed by atoms with Gasteiger partial charge in [0.25, 0.3) is 0 Å². The highest BCUT2D eigenvalue weighted by molar-refractivity contribution is 7.91. The van der Waals surface area contributed by atoms with Crippen LogP contribution in [0.5, 0.6) is 0 Å². The molecule has 1 aromatic heterocycles. The highest BCUT2D eigenvalue weighted by Gasteiger charge is 2.29. The Morgan fingerprint density at radius 1 is 1.46 bits per heavy atom. The van der Waals surface area contributed by atoms with Gasteiger partial charge in [0, 0.05) is 11.6 Å². The molecule has 0 radical (unpaired) electrons. The lowest BCUT2D eigenvalue weighted by molar-refractivity contribution is -0.121. The number of hydrogen-bond donors (Lipinski definition) is 1. The molecular formula is C16H17FN2O4S. The minimum atomic E-state index is -3.04. The van der Waals surface area contributed by atoms with E-state index in [4.69, 9.17) is 4.42 Å². The molecule has 1 N–H and O–H groups in total. The van der Waals surface area contributed by atoms with E-state index in [0.29, 0.717) is 23.4 Å². The van der Waals surface area contributed by atoms with Crippen LogP contribution in [0.1, 0.15) is 17.9 Å². The lowest BCUT2D eigenvalue weighted by atomic mass is 10.2. The van der Waals surface area contributed by atoms with E-state index in [9.17, 15) is 17.6 Å². The lowest BCUT2D eigenvalue weighted by Gasteiger charge is -2.09. The minimum Gasteiger partial charge on any atom is -0.441 e. The molecule has 1 aromatic carbocycles. The van der Waals surface area contributed by atoms with Crippen molar-refractivity contribution >= 4 is 15.7 Å². The number of nitrogens with zero attached hydrogens (tertiary/aromatic N) is 1. The Morgan fingerprint density at radius 2 is 2.25 bits per heavy atom. The normalized spacial score (nSPS) is 19.3. The zero-order chi connectivity index (χ0) is 17.3. The summed E-state index contributed by atoms with van der Waals surface area (Å²) in [5.74, 6) is 0.0986. The molecule has 128 valence electrons. The number of aromatic nitrogens is 1. The number of hydrogen-bond acceptors (Lipinski definition) is 5. The molecule has 8 heteroatoms. The topological polar surface area (TPSA) is 89.3 Å².